The SMILES string of the molecule is C=CCn1ncc(CN(Cc2ccccc2F)CC2CCCO2)c1C. The molecule has 1 aromatic carbocycles. The van der Waals surface area contributed by atoms with Gasteiger partial charge in [-0.25, -0.2) is 4.39 Å². The molecular formula is C20H26FN3O. The number of nitrogens with zero attached hydrogens (tertiary/aromatic N) is 3. The Hall–Kier alpha value is -1.98. The van der Waals surface area contributed by atoms with Gasteiger partial charge in [-0.15, -0.1) is 6.58 Å². The zero-order valence-corrected chi connectivity index (χ0v) is 14.8. The highest BCUT2D eigenvalue weighted by Crippen LogP contribution is 2.19. The third-order valence-corrected chi connectivity index (χ3v) is 4.74. The van der Waals surface area contributed by atoms with E-state index in [0.29, 0.717) is 13.1 Å². The lowest BCUT2D eigenvalue weighted by Crippen LogP contribution is -2.32. The second-order valence-electron chi connectivity index (χ2n) is 6.62. The number of hydrogen-bond donors (Lipinski definition) is 0. The van der Waals surface area contributed by atoms with Crippen molar-refractivity contribution < 1.29 is 9.13 Å². The molecule has 25 heavy (non-hydrogen) atoms. The van der Waals surface area contributed by atoms with Crippen molar-refractivity contribution in [3.8, 4) is 0 Å². The van der Waals surface area contributed by atoms with Crippen LogP contribution in [0.1, 0.15) is 29.7 Å². The molecular weight excluding hydrogens is 317 g/mol. The third kappa shape index (κ3) is 4.55. The first-order chi connectivity index (χ1) is 12.2. The molecule has 1 aliphatic rings. The molecule has 1 saturated heterocycles. The fourth-order valence-corrected chi connectivity index (χ4v) is 3.32. The van der Waals surface area contributed by atoms with Gasteiger partial charge in [0.15, 0.2) is 0 Å². The Morgan fingerprint density at radius 1 is 1.36 bits per heavy atom. The predicted octanol–water partition coefficient (Wildman–Crippen LogP) is 3.70. The monoisotopic (exact) mass is 343 g/mol. The topological polar surface area (TPSA) is 30.3 Å². The molecule has 5 heteroatoms. The molecule has 0 bridgehead atoms. The van der Waals surface area contributed by atoms with Gasteiger partial charge in [0.25, 0.3) is 0 Å². The normalized spacial score (nSPS) is 17.3. The van der Waals surface area contributed by atoms with Crippen LogP contribution in [-0.2, 0) is 24.4 Å². The van der Waals surface area contributed by atoms with Crippen molar-refractivity contribution >= 4 is 0 Å². The number of rotatable bonds is 8. The maximum Gasteiger partial charge on any atom is 0.127 e. The summed E-state index contributed by atoms with van der Waals surface area (Å²) in [7, 11) is 0. The maximum atomic E-state index is 14.1. The van der Waals surface area contributed by atoms with Gasteiger partial charge >= 0.3 is 0 Å². The van der Waals surface area contributed by atoms with E-state index < -0.39 is 0 Å². The van der Waals surface area contributed by atoms with Crippen LogP contribution in [0.15, 0.2) is 43.1 Å². The summed E-state index contributed by atoms with van der Waals surface area (Å²) in [4.78, 5) is 2.26. The fraction of sp³-hybridized carbons (Fsp3) is 0.450. The number of benzene rings is 1. The van der Waals surface area contributed by atoms with Crippen molar-refractivity contribution in [1.29, 1.82) is 0 Å². The van der Waals surface area contributed by atoms with Crippen molar-refractivity contribution in [1.82, 2.24) is 14.7 Å². The zero-order valence-electron chi connectivity index (χ0n) is 14.8. The average molecular weight is 343 g/mol. The van der Waals surface area contributed by atoms with Crippen LogP contribution < -0.4 is 0 Å². The average Bonchev–Trinajstić information content (AvgIpc) is 3.22. The molecule has 1 aliphatic heterocycles. The van der Waals surface area contributed by atoms with Crippen LogP contribution in [0.3, 0.4) is 0 Å². The molecule has 3 rings (SSSR count). The molecule has 1 unspecified atom stereocenters. The van der Waals surface area contributed by atoms with Crippen LogP contribution in [-0.4, -0.2) is 33.9 Å². The van der Waals surface area contributed by atoms with Crippen LogP contribution in [0.2, 0.25) is 0 Å². The van der Waals surface area contributed by atoms with Gasteiger partial charge in [-0.2, -0.15) is 5.10 Å². The van der Waals surface area contributed by atoms with Crippen molar-refractivity contribution in [2.45, 2.75) is 45.5 Å². The highest BCUT2D eigenvalue weighted by Gasteiger charge is 2.21. The molecule has 2 heterocycles. The van der Waals surface area contributed by atoms with Gasteiger partial charge in [0.05, 0.1) is 18.8 Å². The van der Waals surface area contributed by atoms with E-state index >= 15 is 0 Å². The molecule has 1 atom stereocenters. The molecule has 0 radical (unpaired) electrons. The van der Waals surface area contributed by atoms with E-state index in [2.05, 4.69) is 23.5 Å². The van der Waals surface area contributed by atoms with Gasteiger partial charge in [0, 0.05) is 43.1 Å². The molecule has 1 fully saturated rings. The summed E-state index contributed by atoms with van der Waals surface area (Å²) < 4.78 is 21.8. The molecule has 1 aromatic heterocycles. The molecule has 134 valence electrons. The van der Waals surface area contributed by atoms with E-state index in [9.17, 15) is 4.39 Å². The molecule has 0 saturated carbocycles. The third-order valence-electron chi connectivity index (χ3n) is 4.74. The summed E-state index contributed by atoms with van der Waals surface area (Å²) in [6.45, 7) is 9.47. The number of hydrogen-bond acceptors (Lipinski definition) is 3. The Morgan fingerprint density at radius 2 is 2.16 bits per heavy atom. The van der Waals surface area contributed by atoms with Gasteiger partial charge in [-0.3, -0.25) is 9.58 Å². The van der Waals surface area contributed by atoms with Crippen LogP contribution in [0, 0.1) is 12.7 Å². The molecule has 0 aliphatic carbocycles. The van der Waals surface area contributed by atoms with Crippen molar-refractivity contribution in [3.05, 3.63) is 65.8 Å². The van der Waals surface area contributed by atoms with Crippen LogP contribution in [0.5, 0.6) is 0 Å². The molecule has 0 N–H and O–H groups in total. The largest absolute Gasteiger partial charge is 0.377 e. The standard InChI is InChI=1S/C20H26FN3O/c1-3-10-24-16(2)18(12-22-24)14-23(15-19-8-6-11-25-19)13-17-7-4-5-9-20(17)21/h3-5,7,9,12,19H,1,6,8,10-11,13-15H2,2H3. The molecule has 0 amide bonds. The van der Waals surface area contributed by atoms with Gasteiger partial charge in [0.2, 0.25) is 0 Å². The lowest BCUT2D eigenvalue weighted by atomic mass is 10.1. The van der Waals surface area contributed by atoms with Crippen LogP contribution in [0.25, 0.3) is 0 Å². The second kappa shape index (κ2) is 8.41. The van der Waals surface area contributed by atoms with Crippen molar-refractivity contribution in [2.24, 2.45) is 0 Å². The second-order valence-corrected chi connectivity index (χ2v) is 6.62. The van der Waals surface area contributed by atoms with Gasteiger partial charge in [-0.1, -0.05) is 24.3 Å². The Morgan fingerprint density at radius 3 is 2.88 bits per heavy atom. The number of halogens is 1. The molecule has 0 spiro atoms. The highest BCUT2D eigenvalue weighted by atomic mass is 19.1. The minimum absolute atomic E-state index is 0.154. The lowest BCUT2D eigenvalue weighted by molar-refractivity contribution is 0.0674. The van der Waals surface area contributed by atoms with Crippen molar-refractivity contribution in [3.63, 3.8) is 0 Å². The first kappa shape index (κ1) is 17.8. The highest BCUT2D eigenvalue weighted by molar-refractivity contribution is 5.19. The Labute approximate surface area is 148 Å². The van der Waals surface area contributed by atoms with Crippen LogP contribution >= 0.6 is 0 Å². The number of ether oxygens (including phenoxy) is 1. The van der Waals surface area contributed by atoms with E-state index in [0.717, 1.165) is 49.4 Å². The number of aromatic nitrogens is 2. The summed E-state index contributed by atoms with van der Waals surface area (Å²) in [5.41, 5.74) is 3.01. The Bertz CT molecular complexity index is 707. The minimum atomic E-state index is -0.154. The Balaban J connectivity index is 1.75. The first-order valence-corrected chi connectivity index (χ1v) is 8.87. The molecule has 4 nitrogen and oxygen atoms in total. The van der Waals surface area contributed by atoms with E-state index in [4.69, 9.17) is 4.74 Å². The van der Waals surface area contributed by atoms with Crippen LogP contribution in [0.4, 0.5) is 4.39 Å². The number of allylic oxidation sites excluding steroid dienone is 1. The summed E-state index contributed by atoms with van der Waals surface area (Å²) in [6, 6.07) is 6.99. The summed E-state index contributed by atoms with van der Waals surface area (Å²) in [5.74, 6) is -0.154. The minimum Gasteiger partial charge on any atom is -0.377 e. The van der Waals surface area contributed by atoms with E-state index in [1.54, 1.807) is 6.07 Å². The van der Waals surface area contributed by atoms with Crippen molar-refractivity contribution in [2.75, 3.05) is 13.2 Å². The first-order valence-electron chi connectivity index (χ1n) is 8.87. The lowest BCUT2D eigenvalue weighted by Gasteiger charge is -2.25. The van der Waals surface area contributed by atoms with Gasteiger partial charge in [-0.05, 0) is 25.8 Å². The maximum absolute atomic E-state index is 14.1. The zero-order chi connectivity index (χ0) is 17.6. The summed E-state index contributed by atoms with van der Waals surface area (Å²) >= 11 is 0. The van der Waals surface area contributed by atoms with E-state index in [-0.39, 0.29) is 11.9 Å². The Kier molecular flexibility index (Phi) is 6.00. The summed E-state index contributed by atoms with van der Waals surface area (Å²) in [6.07, 6.45) is 6.16. The predicted molar refractivity (Wildman–Crippen MR) is 96.6 cm³/mol. The van der Waals surface area contributed by atoms with Gasteiger partial charge < -0.3 is 4.74 Å². The summed E-state index contributed by atoms with van der Waals surface area (Å²) in [5, 5.41) is 4.43. The van der Waals surface area contributed by atoms with E-state index in [1.165, 1.54) is 6.07 Å². The fourth-order valence-electron chi connectivity index (χ4n) is 3.32. The quantitative estimate of drug-likeness (QED) is 0.685. The smallest absolute Gasteiger partial charge is 0.127 e. The van der Waals surface area contributed by atoms with E-state index in [1.807, 2.05) is 29.1 Å². The van der Waals surface area contributed by atoms with Gasteiger partial charge in [0.1, 0.15) is 5.82 Å². The molecule has 2 aromatic rings.